The first-order valence-corrected chi connectivity index (χ1v) is 9.11. The molecule has 0 aromatic rings. The molecule has 0 radical (unpaired) electrons. The molecule has 1 aliphatic heterocycles. The van der Waals surface area contributed by atoms with Gasteiger partial charge in [-0.3, -0.25) is 0 Å². The second kappa shape index (κ2) is 12.0. The van der Waals surface area contributed by atoms with E-state index >= 15 is 0 Å². The van der Waals surface area contributed by atoms with Gasteiger partial charge in [0.05, 0.1) is 12.7 Å². The van der Waals surface area contributed by atoms with Gasteiger partial charge in [-0.25, -0.2) is 4.79 Å². The average Bonchev–Trinajstić information content (AvgIpc) is 3.25. The number of esters is 1. The van der Waals surface area contributed by atoms with E-state index in [9.17, 15) is 4.79 Å². The lowest BCUT2D eigenvalue weighted by Crippen LogP contribution is -2.13. The van der Waals surface area contributed by atoms with Gasteiger partial charge in [0, 0.05) is 0 Å². The molecule has 2 atom stereocenters. The van der Waals surface area contributed by atoms with E-state index in [0.717, 1.165) is 6.42 Å². The summed E-state index contributed by atoms with van der Waals surface area (Å²) in [6.45, 7) is 4.55. The van der Waals surface area contributed by atoms with E-state index < -0.39 is 0 Å². The zero-order chi connectivity index (χ0) is 15.3. The highest BCUT2D eigenvalue weighted by Gasteiger charge is 2.45. The van der Waals surface area contributed by atoms with Crippen molar-refractivity contribution in [2.75, 3.05) is 6.61 Å². The first-order valence-electron chi connectivity index (χ1n) is 9.11. The monoisotopic (exact) mass is 298 g/mol. The molecule has 1 saturated heterocycles. The molecule has 1 rings (SSSR count). The first-order chi connectivity index (χ1) is 10.3. The molecule has 1 fully saturated rings. The number of carbonyl (C=O) groups excluding carboxylic acids is 1. The third-order valence-electron chi connectivity index (χ3n) is 4.19. The lowest BCUT2D eigenvalue weighted by Gasteiger charge is -2.02. The number of carbonyl (C=O) groups is 1. The fraction of sp³-hybridized carbons (Fsp3) is 0.944. The van der Waals surface area contributed by atoms with Crippen LogP contribution in [0.15, 0.2) is 0 Å². The molecule has 0 saturated carbocycles. The zero-order valence-electron chi connectivity index (χ0n) is 14.1. The molecule has 0 spiro atoms. The Labute approximate surface area is 130 Å². The molecule has 0 aromatic heterocycles. The molecular weight excluding hydrogens is 264 g/mol. The molecule has 2 unspecified atom stereocenters. The molecule has 0 bridgehead atoms. The summed E-state index contributed by atoms with van der Waals surface area (Å²) < 4.78 is 10.3. The van der Waals surface area contributed by atoms with Crippen LogP contribution in [0, 0.1) is 0 Å². The van der Waals surface area contributed by atoms with E-state index in [0.29, 0.717) is 6.61 Å². The molecule has 21 heavy (non-hydrogen) atoms. The summed E-state index contributed by atoms with van der Waals surface area (Å²) >= 11 is 0. The van der Waals surface area contributed by atoms with Crippen LogP contribution in [0.4, 0.5) is 0 Å². The van der Waals surface area contributed by atoms with Crippen LogP contribution in [-0.4, -0.2) is 24.8 Å². The summed E-state index contributed by atoms with van der Waals surface area (Å²) in [6.07, 6.45) is 15.8. The van der Waals surface area contributed by atoms with Crippen molar-refractivity contribution in [3.63, 3.8) is 0 Å². The predicted molar refractivity (Wildman–Crippen MR) is 86.4 cm³/mol. The Hall–Kier alpha value is -0.570. The number of unbranched alkanes of at least 4 members (excludes halogenated alkanes) is 10. The quantitative estimate of drug-likeness (QED) is 0.257. The van der Waals surface area contributed by atoms with Crippen molar-refractivity contribution >= 4 is 5.97 Å². The Kier molecular flexibility index (Phi) is 10.6. The number of hydrogen-bond acceptors (Lipinski definition) is 3. The maximum Gasteiger partial charge on any atom is 0.337 e. The van der Waals surface area contributed by atoms with Gasteiger partial charge in [-0.2, -0.15) is 0 Å². The van der Waals surface area contributed by atoms with E-state index in [1.165, 1.54) is 70.6 Å². The van der Waals surface area contributed by atoms with Gasteiger partial charge in [0.15, 0.2) is 6.10 Å². The van der Waals surface area contributed by atoms with Gasteiger partial charge in [0.25, 0.3) is 0 Å². The number of rotatable bonds is 14. The SMILES string of the molecule is CCCCCCCCCCCCCC1OC1C(=O)OCC. The van der Waals surface area contributed by atoms with Gasteiger partial charge in [0.2, 0.25) is 0 Å². The highest BCUT2D eigenvalue weighted by Crippen LogP contribution is 2.28. The van der Waals surface area contributed by atoms with Crippen LogP contribution < -0.4 is 0 Å². The normalized spacial score (nSPS) is 20.5. The molecule has 1 aliphatic rings. The van der Waals surface area contributed by atoms with E-state index in [4.69, 9.17) is 9.47 Å². The Bertz CT molecular complexity index is 265. The minimum atomic E-state index is -0.256. The summed E-state index contributed by atoms with van der Waals surface area (Å²) in [5.41, 5.74) is 0. The van der Waals surface area contributed by atoms with Crippen LogP contribution >= 0.6 is 0 Å². The highest BCUT2D eigenvalue weighted by molar-refractivity contribution is 5.77. The molecule has 124 valence electrons. The summed E-state index contributed by atoms with van der Waals surface area (Å²) in [4.78, 5) is 11.4. The minimum Gasteiger partial charge on any atom is -0.464 e. The lowest BCUT2D eigenvalue weighted by atomic mass is 10.0. The molecule has 3 nitrogen and oxygen atoms in total. The van der Waals surface area contributed by atoms with Crippen molar-refractivity contribution in [2.45, 2.75) is 103 Å². The predicted octanol–water partition coefficient (Wildman–Crippen LogP) is 5.02. The Morgan fingerprint density at radius 2 is 1.38 bits per heavy atom. The topological polar surface area (TPSA) is 38.8 Å². The fourth-order valence-corrected chi connectivity index (χ4v) is 2.80. The second-order valence-electron chi connectivity index (χ2n) is 6.17. The van der Waals surface area contributed by atoms with Crippen molar-refractivity contribution in [3.8, 4) is 0 Å². The molecule has 0 N–H and O–H groups in total. The standard InChI is InChI=1S/C18H34O3/c1-3-5-6-7-8-9-10-11-12-13-14-15-16-17(21-16)18(19)20-4-2/h16-17H,3-15H2,1-2H3. The summed E-state index contributed by atoms with van der Waals surface area (Å²) in [5, 5.41) is 0. The second-order valence-corrected chi connectivity index (χ2v) is 6.17. The van der Waals surface area contributed by atoms with Crippen molar-refractivity contribution in [2.24, 2.45) is 0 Å². The number of epoxide rings is 1. The zero-order valence-corrected chi connectivity index (χ0v) is 14.1. The molecule has 3 heteroatoms. The van der Waals surface area contributed by atoms with Gasteiger partial charge >= 0.3 is 5.97 Å². The molecular formula is C18H34O3. The van der Waals surface area contributed by atoms with Crippen LogP contribution in [0.3, 0.4) is 0 Å². The van der Waals surface area contributed by atoms with Gasteiger partial charge < -0.3 is 9.47 Å². The first kappa shape index (κ1) is 18.5. The van der Waals surface area contributed by atoms with Crippen LogP contribution in [0.25, 0.3) is 0 Å². The van der Waals surface area contributed by atoms with Crippen LogP contribution in [-0.2, 0) is 14.3 Å². The average molecular weight is 298 g/mol. The van der Waals surface area contributed by atoms with E-state index in [-0.39, 0.29) is 18.2 Å². The highest BCUT2D eigenvalue weighted by atomic mass is 16.6. The smallest absolute Gasteiger partial charge is 0.337 e. The maximum atomic E-state index is 11.4. The molecule has 0 amide bonds. The van der Waals surface area contributed by atoms with Gasteiger partial charge in [-0.15, -0.1) is 0 Å². The van der Waals surface area contributed by atoms with Crippen molar-refractivity contribution in [3.05, 3.63) is 0 Å². The lowest BCUT2D eigenvalue weighted by molar-refractivity contribution is -0.144. The van der Waals surface area contributed by atoms with Crippen molar-refractivity contribution < 1.29 is 14.3 Å². The Balaban J connectivity index is 1.77. The summed E-state index contributed by atoms with van der Waals surface area (Å²) in [5.74, 6) is -0.175. The van der Waals surface area contributed by atoms with Gasteiger partial charge in [0.1, 0.15) is 0 Å². The molecule has 0 aromatic carbocycles. The fourth-order valence-electron chi connectivity index (χ4n) is 2.80. The minimum absolute atomic E-state index is 0.141. The largest absolute Gasteiger partial charge is 0.464 e. The van der Waals surface area contributed by atoms with E-state index in [1.807, 2.05) is 6.92 Å². The van der Waals surface area contributed by atoms with Crippen LogP contribution in [0.2, 0.25) is 0 Å². The van der Waals surface area contributed by atoms with E-state index in [1.54, 1.807) is 0 Å². The Morgan fingerprint density at radius 3 is 1.90 bits per heavy atom. The van der Waals surface area contributed by atoms with Crippen LogP contribution in [0.1, 0.15) is 90.9 Å². The molecule has 0 aliphatic carbocycles. The maximum absolute atomic E-state index is 11.4. The van der Waals surface area contributed by atoms with Gasteiger partial charge in [-0.05, 0) is 13.3 Å². The summed E-state index contributed by atoms with van der Waals surface area (Å²) in [7, 11) is 0. The third kappa shape index (κ3) is 9.13. The van der Waals surface area contributed by atoms with Crippen LogP contribution in [0.5, 0.6) is 0 Å². The number of hydrogen-bond donors (Lipinski definition) is 0. The third-order valence-corrected chi connectivity index (χ3v) is 4.19. The van der Waals surface area contributed by atoms with Crippen molar-refractivity contribution in [1.82, 2.24) is 0 Å². The molecule has 1 heterocycles. The van der Waals surface area contributed by atoms with E-state index in [2.05, 4.69) is 6.92 Å². The summed E-state index contributed by atoms with van der Waals surface area (Å²) in [6, 6.07) is 0. The Morgan fingerprint density at radius 1 is 0.857 bits per heavy atom. The van der Waals surface area contributed by atoms with Crippen molar-refractivity contribution in [1.29, 1.82) is 0 Å². The number of ether oxygens (including phenoxy) is 2. The van der Waals surface area contributed by atoms with Gasteiger partial charge in [-0.1, -0.05) is 77.6 Å².